The molecule has 3 N–H and O–H groups in total. The Bertz CT molecular complexity index is 734. The van der Waals surface area contributed by atoms with Crippen molar-refractivity contribution in [3.05, 3.63) is 17.7 Å². The van der Waals surface area contributed by atoms with Crippen molar-refractivity contribution in [2.75, 3.05) is 5.32 Å². The molecule has 10 heteroatoms. The van der Waals surface area contributed by atoms with Crippen LogP contribution < -0.4 is 5.32 Å². The maximum Gasteiger partial charge on any atom is 0.295 e. The predicted molar refractivity (Wildman–Crippen MR) is 65.1 cm³/mol. The maximum absolute atomic E-state index is 11.1. The number of benzene rings is 1. The van der Waals surface area contributed by atoms with Crippen molar-refractivity contribution in [2.24, 2.45) is 0 Å². The molecule has 0 fully saturated rings. The molecule has 0 bridgehead atoms. The highest BCUT2D eigenvalue weighted by molar-refractivity contribution is 7.89. The van der Waals surface area contributed by atoms with Crippen LogP contribution in [0.25, 0.3) is 0 Å². The summed E-state index contributed by atoms with van der Waals surface area (Å²) < 4.78 is 62.3. The van der Waals surface area contributed by atoms with Gasteiger partial charge < -0.3 is 5.32 Å². The number of hydrogen-bond donors (Lipinski definition) is 3. The van der Waals surface area contributed by atoms with Gasteiger partial charge in [0.25, 0.3) is 20.2 Å². The van der Waals surface area contributed by atoms with Gasteiger partial charge in [-0.05, 0) is 24.6 Å². The SMILES string of the molecule is CC(=O)Nc1cc(S(=O)(=O)O)c(S(=O)(=O)O)cc1C. The number of rotatable bonds is 3. The van der Waals surface area contributed by atoms with E-state index in [0.29, 0.717) is 0 Å². The molecule has 0 aliphatic rings. The summed E-state index contributed by atoms with van der Waals surface area (Å²) in [5, 5.41) is 2.27. The van der Waals surface area contributed by atoms with Gasteiger partial charge in [0.1, 0.15) is 9.79 Å². The number of aryl methyl sites for hydroxylation is 1. The van der Waals surface area contributed by atoms with Crippen LogP contribution in [0.5, 0.6) is 0 Å². The smallest absolute Gasteiger partial charge is 0.295 e. The van der Waals surface area contributed by atoms with Crippen molar-refractivity contribution < 1.29 is 30.7 Å². The molecule has 0 atom stereocenters. The average molecular weight is 309 g/mol. The number of hydrogen-bond acceptors (Lipinski definition) is 5. The van der Waals surface area contributed by atoms with E-state index in [1.807, 2.05) is 0 Å². The highest BCUT2D eigenvalue weighted by Gasteiger charge is 2.25. The van der Waals surface area contributed by atoms with Crippen LogP contribution >= 0.6 is 0 Å². The van der Waals surface area contributed by atoms with Crippen LogP contribution in [0.1, 0.15) is 12.5 Å². The van der Waals surface area contributed by atoms with Gasteiger partial charge in [0, 0.05) is 12.6 Å². The quantitative estimate of drug-likeness (QED) is 0.689. The van der Waals surface area contributed by atoms with E-state index in [4.69, 9.17) is 9.11 Å². The Morgan fingerprint density at radius 3 is 1.84 bits per heavy atom. The van der Waals surface area contributed by atoms with Crippen LogP contribution in [0, 0.1) is 6.92 Å². The van der Waals surface area contributed by atoms with E-state index in [0.717, 1.165) is 12.1 Å². The highest BCUT2D eigenvalue weighted by Crippen LogP contribution is 2.27. The molecular formula is C9H11NO7S2. The summed E-state index contributed by atoms with van der Waals surface area (Å²) in [6.07, 6.45) is 0. The zero-order chi connectivity index (χ0) is 15.0. The summed E-state index contributed by atoms with van der Waals surface area (Å²) in [7, 11) is -9.72. The lowest BCUT2D eigenvalue weighted by molar-refractivity contribution is -0.114. The molecular weight excluding hydrogens is 298 g/mol. The second-order valence-electron chi connectivity index (χ2n) is 3.75. The number of amides is 1. The molecule has 0 aliphatic heterocycles. The summed E-state index contributed by atoms with van der Waals surface area (Å²) in [5.74, 6) is -0.510. The lowest BCUT2D eigenvalue weighted by Gasteiger charge is -2.11. The van der Waals surface area contributed by atoms with Crippen molar-refractivity contribution in [1.29, 1.82) is 0 Å². The van der Waals surface area contributed by atoms with E-state index in [1.54, 1.807) is 0 Å². The number of carbonyl (C=O) groups excluding carboxylic acids is 1. The Hall–Kier alpha value is -1.49. The second kappa shape index (κ2) is 4.89. The Morgan fingerprint density at radius 1 is 1.05 bits per heavy atom. The van der Waals surface area contributed by atoms with Crippen molar-refractivity contribution in [2.45, 2.75) is 23.6 Å². The zero-order valence-electron chi connectivity index (χ0n) is 9.91. The monoisotopic (exact) mass is 309 g/mol. The third kappa shape index (κ3) is 3.73. The molecule has 106 valence electrons. The molecule has 0 aliphatic carbocycles. The van der Waals surface area contributed by atoms with Gasteiger partial charge in [-0.1, -0.05) is 0 Å². The minimum absolute atomic E-state index is 0.00697. The largest absolute Gasteiger partial charge is 0.326 e. The minimum atomic E-state index is -4.88. The molecule has 0 saturated carbocycles. The van der Waals surface area contributed by atoms with Crippen LogP contribution in [0.3, 0.4) is 0 Å². The van der Waals surface area contributed by atoms with Gasteiger partial charge in [-0.15, -0.1) is 0 Å². The summed E-state index contributed by atoms with van der Waals surface area (Å²) in [4.78, 5) is 8.95. The van der Waals surface area contributed by atoms with E-state index in [-0.39, 0.29) is 11.3 Å². The Labute approximate surface area is 109 Å². The van der Waals surface area contributed by atoms with Crippen LogP contribution in [-0.4, -0.2) is 31.8 Å². The van der Waals surface area contributed by atoms with Crippen molar-refractivity contribution in [3.63, 3.8) is 0 Å². The summed E-state index contributed by atoms with van der Waals surface area (Å²) in [6.45, 7) is 2.57. The summed E-state index contributed by atoms with van der Waals surface area (Å²) >= 11 is 0. The highest BCUT2D eigenvalue weighted by atomic mass is 32.2. The normalized spacial score (nSPS) is 12.2. The molecule has 8 nitrogen and oxygen atoms in total. The van der Waals surface area contributed by atoms with Gasteiger partial charge in [-0.2, -0.15) is 16.8 Å². The average Bonchev–Trinajstić information content (AvgIpc) is 2.16. The number of nitrogens with one attached hydrogen (secondary N) is 1. The maximum atomic E-state index is 11.1. The fourth-order valence-corrected chi connectivity index (χ4v) is 3.24. The van der Waals surface area contributed by atoms with E-state index < -0.39 is 35.9 Å². The fraction of sp³-hybridized carbons (Fsp3) is 0.222. The Kier molecular flexibility index (Phi) is 4.00. The predicted octanol–water partition coefficient (Wildman–Crippen LogP) is 0.447. The van der Waals surface area contributed by atoms with Crippen LogP contribution in [0.15, 0.2) is 21.9 Å². The first-order valence-electron chi connectivity index (χ1n) is 4.80. The Balaban J connectivity index is 3.70. The van der Waals surface area contributed by atoms with Gasteiger partial charge in [0.15, 0.2) is 0 Å². The van der Waals surface area contributed by atoms with E-state index >= 15 is 0 Å². The molecule has 0 radical (unpaired) electrons. The standard InChI is InChI=1S/C9H11NO7S2/c1-5-3-8(18(12,13)14)9(19(15,16)17)4-7(5)10-6(2)11/h3-4H,1-2H3,(H,10,11)(H,12,13,14)(H,15,16,17). The Morgan fingerprint density at radius 2 is 1.47 bits per heavy atom. The molecule has 0 spiro atoms. The van der Waals surface area contributed by atoms with Gasteiger partial charge in [-0.25, -0.2) is 0 Å². The molecule has 19 heavy (non-hydrogen) atoms. The second-order valence-corrected chi connectivity index (χ2v) is 6.53. The molecule has 0 unspecified atom stereocenters. The van der Waals surface area contributed by atoms with E-state index in [9.17, 15) is 21.6 Å². The van der Waals surface area contributed by atoms with Gasteiger partial charge in [0.05, 0.1) is 0 Å². The van der Waals surface area contributed by atoms with Gasteiger partial charge >= 0.3 is 0 Å². The first-order valence-corrected chi connectivity index (χ1v) is 7.68. The number of carbonyl (C=O) groups is 1. The van der Waals surface area contributed by atoms with E-state index in [2.05, 4.69) is 5.32 Å². The molecule has 0 saturated heterocycles. The molecule has 1 rings (SSSR count). The first-order chi connectivity index (χ1) is 8.43. The van der Waals surface area contributed by atoms with Crippen molar-refractivity contribution in [3.8, 4) is 0 Å². The molecule has 0 heterocycles. The van der Waals surface area contributed by atoms with Crippen molar-refractivity contribution in [1.82, 2.24) is 0 Å². The van der Waals surface area contributed by atoms with Crippen LogP contribution in [-0.2, 0) is 25.0 Å². The topological polar surface area (TPSA) is 138 Å². The third-order valence-electron chi connectivity index (χ3n) is 2.16. The third-order valence-corrected chi connectivity index (χ3v) is 4.07. The minimum Gasteiger partial charge on any atom is -0.326 e. The van der Waals surface area contributed by atoms with Crippen LogP contribution in [0.4, 0.5) is 5.69 Å². The summed E-state index contributed by atoms with van der Waals surface area (Å²) in [5.41, 5.74) is 0.211. The van der Waals surface area contributed by atoms with Gasteiger partial charge in [0.2, 0.25) is 5.91 Å². The van der Waals surface area contributed by atoms with Crippen molar-refractivity contribution >= 4 is 31.8 Å². The molecule has 1 amide bonds. The summed E-state index contributed by atoms with van der Waals surface area (Å²) in [6, 6.07) is 1.60. The zero-order valence-corrected chi connectivity index (χ0v) is 11.5. The number of anilines is 1. The lowest BCUT2D eigenvalue weighted by atomic mass is 10.2. The first kappa shape index (κ1) is 15.6. The fourth-order valence-electron chi connectivity index (χ4n) is 1.39. The van der Waals surface area contributed by atoms with Crippen LogP contribution in [0.2, 0.25) is 0 Å². The van der Waals surface area contributed by atoms with E-state index in [1.165, 1.54) is 13.8 Å². The molecule has 0 aromatic heterocycles. The lowest BCUT2D eigenvalue weighted by Crippen LogP contribution is -2.12. The molecule has 1 aromatic rings. The van der Waals surface area contributed by atoms with Gasteiger partial charge in [-0.3, -0.25) is 13.9 Å². The molecule has 1 aromatic carbocycles.